The Balaban J connectivity index is 2.02. The van der Waals surface area contributed by atoms with E-state index in [1.54, 1.807) is 30.1 Å². The smallest absolute Gasteiger partial charge is 0.421 e. The number of benzene rings is 1. The highest BCUT2D eigenvalue weighted by atomic mass is 19.4. The Morgan fingerprint density at radius 2 is 2.00 bits per heavy atom. The maximum atomic E-state index is 12.9. The van der Waals surface area contributed by atoms with Crippen molar-refractivity contribution < 1.29 is 17.9 Å². The zero-order valence-electron chi connectivity index (χ0n) is 13.6. The Labute approximate surface area is 140 Å². The highest BCUT2D eigenvalue weighted by Crippen LogP contribution is 2.35. The molecule has 0 radical (unpaired) electrons. The van der Waals surface area contributed by atoms with E-state index in [4.69, 9.17) is 4.74 Å². The van der Waals surface area contributed by atoms with Crippen molar-refractivity contribution in [3.05, 3.63) is 30.1 Å². The average molecular weight is 352 g/mol. The normalized spacial score (nSPS) is 11.6. The molecule has 3 aromatic rings. The summed E-state index contributed by atoms with van der Waals surface area (Å²) in [4.78, 5) is 7.66. The van der Waals surface area contributed by atoms with Gasteiger partial charge in [0.05, 0.1) is 12.8 Å². The van der Waals surface area contributed by atoms with Gasteiger partial charge in [0, 0.05) is 31.9 Å². The molecule has 132 valence electrons. The van der Waals surface area contributed by atoms with Gasteiger partial charge < -0.3 is 15.4 Å². The van der Waals surface area contributed by atoms with Crippen molar-refractivity contribution in [2.45, 2.75) is 6.18 Å². The number of halogens is 3. The monoisotopic (exact) mass is 352 g/mol. The van der Waals surface area contributed by atoms with E-state index in [1.807, 2.05) is 0 Å². The largest absolute Gasteiger partial charge is 0.494 e. The number of aromatic nitrogens is 4. The summed E-state index contributed by atoms with van der Waals surface area (Å²) in [5, 5.41) is 10.4. The molecule has 0 bridgehead atoms. The number of hydrogen-bond donors (Lipinski definition) is 2. The fourth-order valence-corrected chi connectivity index (χ4v) is 2.43. The third-order valence-electron chi connectivity index (χ3n) is 3.55. The van der Waals surface area contributed by atoms with Gasteiger partial charge in [-0.1, -0.05) is 0 Å². The minimum atomic E-state index is -4.53. The van der Waals surface area contributed by atoms with Crippen molar-refractivity contribution in [2.24, 2.45) is 7.05 Å². The Kier molecular flexibility index (Phi) is 4.11. The minimum Gasteiger partial charge on any atom is -0.494 e. The van der Waals surface area contributed by atoms with Crippen LogP contribution >= 0.6 is 0 Å². The first-order valence-corrected chi connectivity index (χ1v) is 7.23. The van der Waals surface area contributed by atoms with Crippen LogP contribution in [0.25, 0.3) is 10.9 Å². The molecule has 10 heteroatoms. The number of aryl methyl sites for hydroxylation is 1. The quantitative estimate of drug-likeness (QED) is 0.751. The van der Waals surface area contributed by atoms with Crippen LogP contribution in [0, 0.1) is 0 Å². The first-order chi connectivity index (χ1) is 11.8. The van der Waals surface area contributed by atoms with Crippen LogP contribution in [0.15, 0.2) is 24.5 Å². The third kappa shape index (κ3) is 3.14. The lowest BCUT2D eigenvalue weighted by Crippen LogP contribution is -2.12. The summed E-state index contributed by atoms with van der Waals surface area (Å²) in [7, 11) is 4.67. The van der Waals surface area contributed by atoms with Crippen molar-refractivity contribution in [1.29, 1.82) is 0 Å². The molecule has 0 aliphatic rings. The second-order valence-corrected chi connectivity index (χ2v) is 5.21. The van der Waals surface area contributed by atoms with E-state index >= 15 is 0 Å². The van der Waals surface area contributed by atoms with Gasteiger partial charge in [0.15, 0.2) is 0 Å². The lowest BCUT2D eigenvalue weighted by molar-refractivity contribution is -0.137. The van der Waals surface area contributed by atoms with Crippen LogP contribution in [0.1, 0.15) is 5.56 Å². The van der Waals surface area contributed by atoms with E-state index in [0.717, 1.165) is 11.6 Å². The van der Waals surface area contributed by atoms with E-state index < -0.39 is 11.7 Å². The molecule has 0 unspecified atom stereocenters. The lowest BCUT2D eigenvalue weighted by atomic mass is 10.2. The summed E-state index contributed by atoms with van der Waals surface area (Å²) >= 11 is 0. The number of rotatable bonds is 4. The highest BCUT2D eigenvalue weighted by Gasteiger charge is 2.35. The molecule has 0 aliphatic carbocycles. The van der Waals surface area contributed by atoms with Crippen LogP contribution in [-0.4, -0.2) is 33.9 Å². The molecule has 0 aliphatic heterocycles. The molecule has 0 saturated heterocycles. The van der Waals surface area contributed by atoms with Crippen molar-refractivity contribution in [3.8, 4) is 5.75 Å². The molecule has 0 spiro atoms. The van der Waals surface area contributed by atoms with E-state index in [1.165, 1.54) is 14.2 Å². The number of hydrogen-bond acceptors (Lipinski definition) is 6. The molecule has 7 nitrogen and oxygen atoms in total. The lowest BCUT2D eigenvalue weighted by Gasteiger charge is -2.13. The standard InChI is InChI=1S/C15H15F3N6O/c1-19-13-9(15(16,17)18)6-20-14(22-13)21-10-4-5-11(25-3)12-8(10)7-24(2)23-12/h4-7H,1-3H3,(H2,19,20,21,22). The molecule has 2 heterocycles. The zero-order chi connectivity index (χ0) is 18.2. The third-order valence-corrected chi connectivity index (χ3v) is 3.55. The highest BCUT2D eigenvalue weighted by molar-refractivity contribution is 5.96. The Bertz CT molecular complexity index is 922. The summed E-state index contributed by atoms with van der Waals surface area (Å²) in [6.07, 6.45) is -2.03. The van der Waals surface area contributed by atoms with Gasteiger partial charge in [-0.05, 0) is 12.1 Å². The van der Waals surface area contributed by atoms with Gasteiger partial charge in [0.2, 0.25) is 5.95 Å². The molecule has 0 amide bonds. The second-order valence-electron chi connectivity index (χ2n) is 5.21. The predicted octanol–water partition coefficient (Wildman–Crippen LogP) is 3.18. The molecular formula is C15H15F3N6O. The molecule has 0 saturated carbocycles. The summed E-state index contributed by atoms with van der Waals surface area (Å²) in [6, 6.07) is 3.43. The van der Waals surface area contributed by atoms with Crippen molar-refractivity contribution >= 4 is 28.4 Å². The van der Waals surface area contributed by atoms with Crippen molar-refractivity contribution in [1.82, 2.24) is 19.7 Å². The molecular weight excluding hydrogens is 337 g/mol. The summed E-state index contributed by atoms with van der Waals surface area (Å²) in [5.41, 5.74) is 0.295. The molecule has 0 fully saturated rings. The maximum absolute atomic E-state index is 12.9. The second kappa shape index (κ2) is 6.11. The summed E-state index contributed by atoms with van der Waals surface area (Å²) in [6.45, 7) is 0. The van der Waals surface area contributed by atoms with Crippen molar-refractivity contribution in [3.63, 3.8) is 0 Å². The first kappa shape index (κ1) is 16.8. The average Bonchev–Trinajstić information content (AvgIpc) is 2.96. The predicted molar refractivity (Wildman–Crippen MR) is 87.1 cm³/mol. The summed E-state index contributed by atoms with van der Waals surface area (Å²) < 4.78 is 45.7. The molecule has 25 heavy (non-hydrogen) atoms. The Hall–Kier alpha value is -3.04. The van der Waals surface area contributed by atoms with E-state index in [-0.39, 0.29) is 11.8 Å². The number of methoxy groups -OCH3 is 1. The van der Waals surface area contributed by atoms with E-state index in [9.17, 15) is 13.2 Å². The van der Waals surface area contributed by atoms with Gasteiger partial charge in [-0.2, -0.15) is 23.3 Å². The van der Waals surface area contributed by atoms with Gasteiger partial charge >= 0.3 is 6.18 Å². The summed E-state index contributed by atoms with van der Waals surface area (Å²) in [5.74, 6) is 0.319. The van der Waals surface area contributed by atoms with E-state index in [0.29, 0.717) is 17.0 Å². The van der Waals surface area contributed by atoms with Gasteiger partial charge in [0.25, 0.3) is 0 Å². The SMILES string of the molecule is CNc1nc(Nc2ccc(OC)c3nn(C)cc23)ncc1C(F)(F)F. The van der Waals surface area contributed by atoms with Crippen LogP contribution < -0.4 is 15.4 Å². The number of ether oxygens (including phenoxy) is 1. The molecule has 2 aromatic heterocycles. The molecule has 0 atom stereocenters. The van der Waals surface area contributed by atoms with Crippen LogP contribution in [0.5, 0.6) is 5.75 Å². The fourth-order valence-electron chi connectivity index (χ4n) is 2.43. The number of nitrogens with one attached hydrogen (secondary N) is 2. The van der Waals surface area contributed by atoms with Gasteiger partial charge in [-0.15, -0.1) is 0 Å². The van der Waals surface area contributed by atoms with Crippen LogP contribution in [0.4, 0.5) is 30.6 Å². The Morgan fingerprint density at radius 1 is 1.24 bits per heavy atom. The Morgan fingerprint density at radius 3 is 2.64 bits per heavy atom. The maximum Gasteiger partial charge on any atom is 0.421 e. The minimum absolute atomic E-state index is 0.0349. The fraction of sp³-hybridized carbons (Fsp3) is 0.267. The van der Waals surface area contributed by atoms with Crippen LogP contribution in [0.2, 0.25) is 0 Å². The van der Waals surface area contributed by atoms with Gasteiger partial charge in [-0.3, -0.25) is 4.68 Å². The number of alkyl halides is 3. The molecule has 2 N–H and O–H groups in total. The van der Waals surface area contributed by atoms with Gasteiger partial charge in [0.1, 0.15) is 22.6 Å². The van der Waals surface area contributed by atoms with E-state index in [2.05, 4.69) is 25.7 Å². The van der Waals surface area contributed by atoms with Crippen molar-refractivity contribution in [2.75, 3.05) is 24.8 Å². The number of anilines is 3. The van der Waals surface area contributed by atoms with Crippen LogP contribution in [0.3, 0.4) is 0 Å². The topological polar surface area (TPSA) is 76.9 Å². The molecule has 1 aromatic carbocycles. The molecule has 3 rings (SSSR count). The van der Waals surface area contributed by atoms with Gasteiger partial charge in [-0.25, -0.2) is 4.98 Å². The zero-order valence-corrected chi connectivity index (χ0v) is 13.6. The number of fused-ring (bicyclic) bond motifs is 1. The number of nitrogens with zero attached hydrogens (tertiary/aromatic N) is 4. The first-order valence-electron chi connectivity index (χ1n) is 7.23. The van der Waals surface area contributed by atoms with Crippen LogP contribution in [-0.2, 0) is 13.2 Å².